The second kappa shape index (κ2) is 8.80. The van der Waals surface area contributed by atoms with Crippen molar-refractivity contribution in [2.24, 2.45) is 0 Å². The molecule has 6 nitrogen and oxygen atoms in total. The minimum absolute atomic E-state index is 0.380. The van der Waals surface area contributed by atoms with Gasteiger partial charge in [-0.3, -0.25) is 9.59 Å². The summed E-state index contributed by atoms with van der Waals surface area (Å²) in [7, 11) is 0. The zero-order valence-electron chi connectivity index (χ0n) is 15.0. The maximum Gasteiger partial charge on any atom is 0.328 e. The molecule has 0 fully saturated rings. The lowest BCUT2D eigenvalue weighted by molar-refractivity contribution is -0.148. The zero-order chi connectivity index (χ0) is 19.1. The Balaban J connectivity index is 1.81. The van der Waals surface area contributed by atoms with Crippen molar-refractivity contribution < 1.29 is 19.1 Å². The number of aryl methyl sites for hydroxylation is 2. The molecular formula is C20H22N2O4. The topological polar surface area (TPSA) is 84.5 Å². The number of carbonyl (C=O) groups excluding carboxylic acids is 3. The molecule has 0 saturated carbocycles. The predicted molar refractivity (Wildman–Crippen MR) is 98.9 cm³/mol. The van der Waals surface area contributed by atoms with Gasteiger partial charge < -0.3 is 15.4 Å². The van der Waals surface area contributed by atoms with Crippen LogP contribution in [0.2, 0.25) is 0 Å². The third-order valence-corrected chi connectivity index (χ3v) is 3.59. The van der Waals surface area contributed by atoms with Crippen LogP contribution in [0.3, 0.4) is 0 Å². The molecule has 0 aliphatic carbocycles. The molecule has 0 aromatic heterocycles. The van der Waals surface area contributed by atoms with Gasteiger partial charge in [0.25, 0.3) is 11.8 Å². The zero-order valence-corrected chi connectivity index (χ0v) is 15.0. The lowest BCUT2D eigenvalue weighted by Gasteiger charge is -2.13. The van der Waals surface area contributed by atoms with Crippen LogP contribution in [0, 0.1) is 13.8 Å². The Morgan fingerprint density at radius 2 is 1.62 bits per heavy atom. The largest absolute Gasteiger partial charge is 0.454 e. The van der Waals surface area contributed by atoms with Crippen molar-refractivity contribution in [3.8, 4) is 0 Å². The van der Waals surface area contributed by atoms with Crippen molar-refractivity contribution in [3.63, 3.8) is 0 Å². The third kappa shape index (κ3) is 5.73. The molecule has 2 N–H and O–H groups in total. The van der Waals surface area contributed by atoms with Crippen molar-refractivity contribution >= 4 is 23.5 Å². The van der Waals surface area contributed by atoms with Gasteiger partial charge >= 0.3 is 5.97 Å². The average Bonchev–Trinajstić information content (AvgIpc) is 2.59. The summed E-state index contributed by atoms with van der Waals surface area (Å²) < 4.78 is 4.97. The highest BCUT2D eigenvalue weighted by molar-refractivity contribution is 5.97. The van der Waals surface area contributed by atoms with E-state index in [1.807, 2.05) is 32.0 Å². The van der Waals surface area contributed by atoms with Crippen molar-refractivity contribution in [2.75, 3.05) is 11.9 Å². The summed E-state index contributed by atoms with van der Waals surface area (Å²) in [6, 6.07) is 13.3. The number of rotatable bonds is 6. The highest BCUT2D eigenvalue weighted by atomic mass is 16.5. The highest BCUT2D eigenvalue weighted by Crippen LogP contribution is 2.13. The molecule has 1 atom stereocenters. The van der Waals surface area contributed by atoms with E-state index in [0.717, 1.165) is 11.1 Å². The lowest BCUT2D eigenvalue weighted by Crippen LogP contribution is -2.40. The number of benzene rings is 2. The fraction of sp³-hybridized carbons (Fsp3) is 0.250. The molecule has 0 unspecified atom stereocenters. The molecule has 0 spiro atoms. The molecule has 2 amide bonds. The van der Waals surface area contributed by atoms with E-state index in [1.165, 1.54) is 6.92 Å². The Morgan fingerprint density at radius 3 is 2.23 bits per heavy atom. The molecule has 0 aliphatic heterocycles. The van der Waals surface area contributed by atoms with Crippen LogP contribution in [0.5, 0.6) is 0 Å². The number of esters is 1. The monoisotopic (exact) mass is 354 g/mol. The molecule has 0 heterocycles. The molecular weight excluding hydrogens is 332 g/mol. The van der Waals surface area contributed by atoms with Crippen LogP contribution < -0.4 is 10.6 Å². The number of ether oxygens (including phenoxy) is 1. The summed E-state index contributed by atoms with van der Waals surface area (Å²) in [6.45, 7) is 4.95. The van der Waals surface area contributed by atoms with E-state index in [2.05, 4.69) is 10.6 Å². The van der Waals surface area contributed by atoms with E-state index in [-0.39, 0.29) is 5.91 Å². The van der Waals surface area contributed by atoms with E-state index < -0.39 is 24.5 Å². The SMILES string of the molecule is Cc1cc(C)cc(NC(=O)COC(=O)[C@H](C)NC(=O)c2ccccc2)c1. The molecule has 2 aromatic carbocycles. The summed E-state index contributed by atoms with van der Waals surface area (Å²) in [5.74, 6) is -1.50. The van der Waals surface area contributed by atoms with Crippen LogP contribution in [0.15, 0.2) is 48.5 Å². The fourth-order valence-corrected chi connectivity index (χ4v) is 2.43. The van der Waals surface area contributed by atoms with Gasteiger partial charge in [-0.2, -0.15) is 0 Å². The van der Waals surface area contributed by atoms with Gasteiger partial charge in [0.05, 0.1) is 0 Å². The maximum atomic E-state index is 12.0. The molecule has 0 radical (unpaired) electrons. The first-order chi connectivity index (χ1) is 12.3. The van der Waals surface area contributed by atoms with Crippen LogP contribution in [0.4, 0.5) is 5.69 Å². The Bertz CT molecular complexity index is 782. The molecule has 2 aromatic rings. The maximum absolute atomic E-state index is 12.0. The highest BCUT2D eigenvalue weighted by Gasteiger charge is 2.19. The second-order valence-corrected chi connectivity index (χ2v) is 6.09. The first-order valence-corrected chi connectivity index (χ1v) is 8.26. The van der Waals surface area contributed by atoms with Gasteiger partial charge in [-0.1, -0.05) is 24.3 Å². The van der Waals surface area contributed by atoms with Gasteiger partial charge in [-0.15, -0.1) is 0 Å². The average molecular weight is 354 g/mol. The van der Waals surface area contributed by atoms with E-state index >= 15 is 0 Å². The van der Waals surface area contributed by atoms with Crippen molar-refractivity contribution in [3.05, 3.63) is 65.2 Å². The Kier molecular flexibility index (Phi) is 6.49. The molecule has 136 valence electrons. The number of amides is 2. The standard InChI is InChI=1S/C20H22N2O4/c1-13-9-14(2)11-17(10-13)22-18(23)12-26-20(25)15(3)21-19(24)16-7-5-4-6-8-16/h4-11,15H,12H2,1-3H3,(H,21,24)(H,22,23)/t15-/m0/s1. The summed E-state index contributed by atoms with van der Waals surface area (Å²) in [5.41, 5.74) is 3.14. The lowest BCUT2D eigenvalue weighted by atomic mass is 10.1. The van der Waals surface area contributed by atoms with Crippen LogP contribution >= 0.6 is 0 Å². The molecule has 0 aliphatic rings. The van der Waals surface area contributed by atoms with E-state index in [0.29, 0.717) is 11.3 Å². The number of hydrogen-bond acceptors (Lipinski definition) is 4. The molecule has 26 heavy (non-hydrogen) atoms. The fourth-order valence-electron chi connectivity index (χ4n) is 2.43. The van der Waals surface area contributed by atoms with Crippen LogP contribution in [0.25, 0.3) is 0 Å². The summed E-state index contributed by atoms with van der Waals surface area (Å²) >= 11 is 0. The van der Waals surface area contributed by atoms with Gasteiger partial charge in [0.15, 0.2) is 6.61 Å². The third-order valence-electron chi connectivity index (χ3n) is 3.59. The smallest absolute Gasteiger partial charge is 0.328 e. The minimum atomic E-state index is -0.864. The van der Waals surface area contributed by atoms with Crippen molar-refractivity contribution in [2.45, 2.75) is 26.8 Å². The van der Waals surface area contributed by atoms with Crippen LogP contribution in [0.1, 0.15) is 28.4 Å². The molecule has 0 bridgehead atoms. The molecule has 0 saturated heterocycles. The Morgan fingerprint density at radius 1 is 1.00 bits per heavy atom. The minimum Gasteiger partial charge on any atom is -0.454 e. The Labute approximate surface area is 152 Å². The number of nitrogens with one attached hydrogen (secondary N) is 2. The van der Waals surface area contributed by atoms with E-state index in [9.17, 15) is 14.4 Å². The van der Waals surface area contributed by atoms with Crippen LogP contribution in [-0.2, 0) is 14.3 Å². The summed E-state index contributed by atoms with van der Waals surface area (Å²) in [6.07, 6.45) is 0. The normalized spacial score (nSPS) is 11.3. The first kappa shape index (κ1) is 19.2. The van der Waals surface area contributed by atoms with Gasteiger partial charge in [-0.25, -0.2) is 4.79 Å². The summed E-state index contributed by atoms with van der Waals surface area (Å²) in [4.78, 5) is 35.9. The van der Waals surface area contributed by atoms with Crippen molar-refractivity contribution in [1.82, 2.24) is 5.32 Å². The van der Waals surface area contributed by atoms with E-state index in [4.69, 9.17) is 4.74 Å². The molecule has 2 rings (SSSR count). The quantitative estimate of drug-likeness (QED) is 0.781. The van der Waals surface area contributed by atoms with Gasteiger partial charge in [0.1, 0.15) is 6.04 Å². The predicted octanol–water partition coefficient (Wildman–Crippen LogP) is 2.60. The number of anilines is 1. The van der Waals surface area contributed by atoms with Gasteiger partial charge in [-0.05, 0) is 56.2 Å². The van der Waals surface area contributed by atoms with Crippen LogP contribution in [-0.4, -0.2) is 30.4 Å². The number of carbonyl (C=O) groups is 3. The summed E-state index contributed by atoms with van der Waals surface area (Å²) in [5, 5.41) is 5.22. The van der Waals surface area contributed by atoms with E-state index in [1.54, 1.807) is 30.3 Å². The van der Waals surface area contributed by atoms with Crippen molar-refractivity contribution in [1.29, 1.82) is 0 Å². The van der Waals surface area contributed by atoms with Gasteiger partial charge in [0, 0.05) is 11.3 Å². The first-order valence-electron chi connectivity index (χ1n) is 8.26. The Hall–Kier alpha value is -3.15. The van der Waals surface area contributed by atoms with Gasteiger partial charge in [0.2, 0.25) is 0 Å². The molecule has 6 heteroatoms. The second-order valence-electron chi connectivity index (χ2n) is 6.09. The number of hydrogen-bond donors (Lipinski definition) is 2.